The highest BCUT2D eigenvalue weighted by atomic mass is 16.5. The molecule has 24 heavy (non-hydrogen) atoms. The lowest BCUT2D eigenvalue weighted by atomic mass is 10.2. The fourth-order valence-corrected chi connectivity index (χ4v) is 2.58. The molecule has 1 atom stereocenters. The zero-order valence-corrected chi connectivity index (χ0v) is 13.6. The molecule has 1 saturated heterocycles. The van der Waals surface area contributed by atoms with Crippen LogP contribution in [0.2, 0.25) is 0 Å². The molecule has 2 heterocycles. The summed E-state index contributed by atoms with van der Waals surface area (Å²) in [6.45, 7) is 2.59. The van der Waals surface area contributed by atoms with E-state index < -0.39 is 6.10 Å². The second-order valence-corrected chi connectivity index (χ2v) is 5.61. The van der Waals surface area contributed by atoms with Crippen molar-refractivity contribution in [3.63, 3.8) is 0 Å². The molecule has 1 aliphatic rings. The maximum atomic E-state index is 11.7. The van der Waals surface area contributed by atoms with Gasteiger partial charge in [0.1, 0.15) is 17.6 Å². The predicted molar refractivity (Wildman–Crippen MR) is 89.8 cm³/mol. The van der Waals surface area contributed by atoms with Gasteiger partial charge in [-0.15, -0.1) is 0 Å². The molecule has 0 aliphatic carbocycles. The summed E-state index contributed by atoms with van der Waals surface area (Å²) in [7, 11) is 1.62. The van der Waals surface area contributed by atoms with E-state index in [0.29, 0.717) is 25.4 Å². The van der Waals surface area contributed by atoms with E-state index in [1.807, 2.05) is 42.5 Å². The molecule has 1 amide bonds. The number of benzene rings is 1. The predicted octanol–water partition coefficient (Wildman–Crippen LogP) is 1.82. The second kappa shape index (κ2) is 7.90. The molecule has 1 fully saturated rings. The number of aromatic nitrogens is 1. The van der Waals surface area contributed by atoms with Crippen LogP contribution < -0.4 is 10.1 Å². The first-order valence-corrected chi connectivity index (χ1v) is 7.98. The molecule has 0 saturated carbocycles. The average molecular weight is 327 g/mol. The van der Waals surface area contributed by atoms with Gasteiger partial charge in [0.15, 0.2) is 0 Å². The van der Waals surface area contributed by atoms with Crippen LogP contribution in [0.1, 0.15) is 5.69 Å². The normalized spacial score (nSPS) is 18.1. The van der Waals surface area contributed by atoms with Gasteiger partial charge in [0.25, 0.3) is 0 Å². The topological polar surface area (TPSA) is 63.7 Å². The fourth-order valence-electron chi connectivity index (χ4n) is 2.58. The van der Waals surface area contributed by atoms with Crippen LogP contribution in [0.5, 0.6) is 11.5 Å². The number of hydrogen-bond acceptors (Lipinski definition) is 5. The molecule has 6 heteroatoms. The quantitative estimate of drug-likeness (QED) is 0.907. The molecular formula is C18H21N3O3. The molecule has 0 radical (unpaired) electrons. The van der Waals surface area contributed by atoms with Crippen molar-refractivity contribution in [3.05, 3.63) is 54.4 Å². The van der Waals surface area contributed by atoms with Gasteiger partial charge in [0, 0.05) is 26.7 Å². The monoisotopic (exact) mass is 327 g/mol. The highest BCUT2D eigenvalue weighted by molar-refractivity contribution is 5.80. The SMILES string of the molecule is CNC(=O)[C@@H]1CN(Cc2ccc(Oc3ccccc3)cn2)CCO1. The van der Waals surface area contributed by atoms with Crippen LogP contribution >= 0.6 is 0 Å². The lowest BCUT2D eigenvalue weighted by Crippen LogP contribution is -2.48. The Bertz CT molecular complexity index is 661. The van der Waals surface area contributed by atoms with Crippen molar-refractivity contribution in [2.75, 3.05) is 26.7 Å². The largest absolute Gasteiger partial charge is 0.456 e. The van der Waals surface area contributed by atoms with Crippen molar-refractivity contribution in [3.8, 4) is 11.5 Å². The Morgan fingerprint density at radius 2 is 2.12 bits per heavy atom. The average Bonchev–Trinajstić information content (AvgIpc) is 2.64. The second-order valence-electron chi connectivity index (χ2n) is 5.61. The van der Waals surface area contributed by atoms with Gasteiger partial charge in [-0.2, -0.15) is 0 Å². The van der Waals surface area contributed by atoms with Gasteiger partial charge in [0.05, 0.1) is 18.5 Å². The summed E-state index contributed by atoms with van der Waals surface area (Å²) >= 11 is 0. The molecule has 6 nitrogen and oxygen atoms in total. The van der Waals surface area contributed by atoms with Crippen LogP contribution in [0.15, 0.2) is 48.7 Å². The first-order valence-electron chi connectivity index (χ1n) is 7.98. The first kappa shape index (κ1) is 16.4. The van der Waals surface area contributed by atoms with Crippen molar-refractivity contribution in [2.24, 2.45) is 0 Å². The van der Waals surface area contributed by atoms with E-state index in [-0.39, 0.29) is 5.91 Å². The summed E-state index contributed by atoms with van der Waals surface area (Å²) in [5.41, 5.74) is 0.938. The Labute approximate surface area is 141 Å². The minimum atomic E-state index is -0.413. The molecule has 2 aromatic rings. The van der Waals surface area contributed by atoms with Gasteiger partial charge in [-0.05, 0) is 24.3 Å². The summed E-state index contributed by atoms with van der Waals surface area (Å²) in [6.07, 6.45) is 1.31. The molecular weight excluding hydrogens is 306 g/mol. The highest BCUT2D eigenvalue weighted by Crippen LogP contribution is 2.20. The van der Waals surface area contributed by atoms with E-state index in [1.165, 1.54) is 0 Å². The van der Waals surface area contributed by atoms with Crippen molar-refractivity contribution >= 4 is 5.91 Å². The minimum absolute atomic E-state index is 0.0840. The van der Waals surface area contributed by atoms with E-state index in [0.717, 1.165) is 18.0 Å². The number of hydrogen-bond donors (Lipinski definition) is 1. The van der Waals surface area contributed by atoms with Crippen LogP contribution in [0.3, 0.4) is 0 Å². The maximum absolute atomic E-state index is 11.7. The molecule has 3 rings (SSSR count). The Morgan fingerprint density at radius 1 is 1.29 bits per heavy atom. The summed E-state index contributed by atoms with van der Waals surface area (Å²) < 4.78 is 11.2. The number of carbonyl (C=O) groups excluding carboxylic acids is 1. The number of nitrogens with one attached hydrogen (secondary N) is 1. The fraction of sp³-hybridized carbons (Fsp3) is 0.333. The van der Waals surface area contributed by atoms with Crippen LogP contribution in [0, 0.1) is 0 Å². The van der Waals surface area contributed by atoms with Gasteiger partial charge in [-0.1, -0.05) is 18.2 Å². The first-order chi connectivity index (χ1) is 11.7. The minimum Gasteiger partial charge on any atom is -0.456 e. The number of amides is 1. The van der Waals surface area contributed by atoms with E-state index in [2.05, 4.69) is 15.2 Å². The summed E-state index contributed by atoms with van der Waals surface area (Å²) in [4.78, 5) is 18.3. The van der Waals surface area contributed by atoms with Gasteiger partial charge in [-0.3, -0.25) is 14.7 Å². The Hall–Kier alpha value is -2.44. The third-order valence-electron chi connectivity index (χ3n) is 3.85. The van der Waals surface area contributed by atoms with Crippen molar-refractivity contribution in [2.45, 2.75) is 12.6 Å². The summed E-state index contributed by atoms with van der Waals surface area (Å²) in [6, 6.07) is 13.5. The van der Waals surface area contributed by atoms with Gasteiger partial charge >= 0.3 is 0 Å². The van der Waals surface area contributed by atoms with Crippen LogP contribution in [-0.4, -0.2) is 48.6 Å². The molecule has 1 aliphatic heterocycles. The van der Waals surface area contributed by atoms with E-state index in [1.54, 1.807) is 13.2 Å². The van der Waals surface area contributed by atoms with E-state index in [4.69, 9.17) is 9.47 Å². The number of morpholine rings is 1. The molecule has 1 aromatic carbocycles. The lowest BCUT2D eigenvalue weighted by Gasteiger charge is -2.31. The number of pyridine rings is 1. The van der Waals surface area contributed by atoms with Crippen LogP contribution in [0.4, 0.5) is 0 Å². The molecule has 0 unspecified atom stereocenters. The molecule has 1 N–H and O–H groups in total. The third-order valence-corrected chi connectivity index (χ3v) is 3.85. The standard InChI is InChI=1S/C18H21N3O3/c1-19-18(22)17-13-21(9-10-23-17)12-14-7-8-16(11-20-14)24-15-5-3-2-4-6-15/h2-8,11,17H,9-10,12-13H2,1H3,(H,19,22)/t17-/m0/s1. The molecule has 1 aromatic heterocycles. The third kappa shape index (κ3) is 4.31. The van der Waals surface area contributed by atoms with Crippen LogP contribution in [0.25, 0.3) is 0 Å². The number of rotatable bonds is 5. The number of para-hydroxylation sites is 1. The number of carbonyl (C=O) groups is 1. The van der Waals surface area contributed by atoms with Gasteiger partial charge in [-0.25, -0.2) is 0 Å². The maximum Gasteiger partial charge on any atom is 0.250 e. The highest BCUT2D eigenvalue weighted by Gasteiger charge is 2.25. The van der Waals surface area contributed by atoms with E-state index >= 15 is 0 Å². The molecule has 0 bridgehead atoms. The zero-order chi connectivity index (χ0) is 16.8. The zero-order valence-electron chi connectivity index (χ0n) is 13.6. The number of ether oxygens (including phenoxy) is 2. The summed E-state index contributed by atoms with van der Waals surface area (Å²) in [5, 5.41) is 2.63. The number of likely N-dealkylation sites (N-methyl/N-ethyl adjacent to an activating group) is 1. The smallest absolute Gasteiger partial charge is 0.250 e. The Morgan fingerprint density at radius 3 is 2.83 bits per heavy atom. The Kier molecular flexibility index (Phi) is 5.40. The number of nitrogens with zero attached hydrogens (tertiary/aromatic N) is 2. The van der Waals surface area contributed by atoms with E-state index in [9.17, 15) is 4.79 Å². The van der Waals surface area contributed by atoms with Crippen LogP contribution in [-0.2, 0) is 16.1 Å². The van der Waals surface area contributed by atoms with Crippen molar-refractivity contribution < 1.29 is 14.3 Å². The summed E-state index contributed by atoms with van der Waals surface area (Å²) in [5.74, 6) is 1.41. The van der Waals surface area contributed by atoms with Gasteiger partial charge in [0.2, 0.25) is 5.91 Å². The lowest BCUT2D eigenvalue weighted by molar-refractivity contribution is -0.138. The van der Waals surface area contributed by atoms with Crippen molar-refractivity contribution in [1.82, 2.24) is 15.2 Å². The molecule has 126 valence electrons. The van der Waals surface area contributed by atoms with Crippen molar-refractivity contribution in [1.29, 1.82) is 0 Å². The Balaban J connectivity index is 1.57. The molecule has 0 spiro atoms. The van der Waals surface area contributed by atoms with Gasteiger partial charge < -0.3 is 14.8 Å².